The summed E-state index contributed by atoms with van der Waals surface area (Å²) in [7, 11) is 1.77. The molecule has 0 atom stereocenters. The van der Waals surface area contributed by atoms with Crippen LogP contribution in [-0.4, -0.2) is 23.0 Å². The molecule has 3 heteroatoms. The maximum Gasteiger partial charge on any atom is 0.257 e. The van der Waals surface area contributed by atoms with Gasteiger partial charge in [0.2, 0.25) is 0 Å². The van der Waals surface area contributed by atoms with Crippen LogP contribution in [0.3, 0.4) is 0 Å². The fourth-order valence-corrected chi connectivity index (χ4v) is 2.94. The summed E-state index contributed by atoms with van der Waals surface area (Å²) >= 11 is 0. The van der Waals surface area contributed by atoms with Crippen LogP contribution in [0.15, 0.2) is 60.7 Å². The van der Waals surface area contributed by atoms with E-state index in [-0.39, 0.29) is 11.7 Å². The number of aromatic hydroxyl groups is 1. The topological polar surface area (TPSA) is 40.5 Å². The molecule has 0 aliphatic heterocycles. The Balaban J connectivity index is 1.89. The van der Waals surface area contributed by atoms with Crippen molar-refractivity contribution >= 4 is 16.7 Å². The van der Waals surface area contributed by atoms with Crippen molar-refractivity contribution in [2.45, 2.75) is 19.9 Å². The average molecular weight is 319 g/mol. The molecule has 3 nitrogen and oxygen atoms in total. The largest absolute Gasteiger partial charge is 0.507 e. The first kappa shape index (κ1) is 16.1. The summed E-state index contributed by atoms with van der Waals surface area (Å²) < 4.78 is 0. The number of carbonyl (C=O) groups excluding carboxylic acids is 1. The van der Waals surface area contributed by atoms with Gasteiger partial charge in [-0.25, -0.2) is 0 Å². The Kier molecular flexibility index (Phi) is 4.52. The Morgan fingerprint density at radius 1 is 1.04 bits per heavy atom. The molecule has 0 unspecified atom stereocenters. The zero-order chi connectivity index (χ0) is 17.1. The van der Waals surface area contributed by atoms with E-state index in [9.17, 15) is 9.90 Å². The molecule has 0 saturated heterocycles. The number of hydrogen-bond donors (Lipinski definition) is 1. The molecule has 0 aliphatic carbocycles. The molecule has 0 spiro atoms. The zero-order valence-electron chi connectivity index (χ0n) is 14.0. The van der Waals surface area contributed by atoms with Crippen molar-refractivity contribution in [1.82, 2.24) is 4.90 Å². The molecule has 0 saturated carbocycles. The van der Waals surface area contributed by atoms with E-state index in [2.05, 4.69) is 18.2 Å². The summed E-state index contributed by atoms with van der Waals surface area (Å²) in [6.45, 7) is 2.52. The third kappa shape index (κ3) is 3.11. The first-order chi connectivity index (χ1) is 11.6. The first-order valence-corrected chi connectivity index (χ1v) is 8.14. The number of phenols is 1. The minimum Gasteiger partial charge on any atom is -0.507 e. The van der Waals surface area contributed by atoms with E-state index in [1.807, 2.05) is 37.3 Å². The minimum absolute atomic E-state index is 0.0296. The number of rotatable bonds is 4. The van der Waals surface area contributed by atoms with Gasteiger partial charge in [0, 0.05) is 13.6 Å². The highest BCUT2D eigenvalue weighted by Gasteiger charge is 2.17. The minimum atomic E-state index is -0.171. The lowest BCUT2D eigenvalue weighted by molar-refractivity contribution is 0.0782. The summed E-state index contributed by atoms with van der Waals surface area (Å²) in [6, 6.07) is 19.5. The third-order valence-corrected chi connectivity index (χ3v) is 4.33. The quantitative estimate of drug-likeness (QED) is 0.775. The molecular formula is C21H21NO2. The highest BCUT2D eigenvalue weighted by atomic mass is 16.3. The summed E-state index contributed by atoms with van der Waals surface area (Å²) in [5, 5.41) is 12.3. The van der Waals surface area contributed by atoms with Gasteiger partial charge >= 0.3 is 0 Å². The molecule has 3 aromatic carbocycles. The van der Waals surface area contributed by atoms with E-state index in [0.717, 1.165) is 28.3 Å². The number of nitrogens with zero attached hydrogens (tertiary/aromatic N) is 1. The molecule has 1 amide bonds. The van der Waals surface area contributed by atoms with E-state index in [1.54, 1.807) is 24.1 Å². The van der Waals surface area contributed by atoms with Gasteiger partial charge < -0.3 is 10.0 Å². The van der Waals surface area contributed by atoms with Crippen molar-refractivity contribution in [2.24, 2.45) is 0 Å². The molecule has 1 N–H and O–H groups in total. The van der Waals surface area contributed by atoms with Crippen molar-refractivity contribution in [3.05, 3.63) is 77.4 Å². The van der Waals surface area contributed by atoms with Gasteiger partial charge in [-0.3, -0.25) is 4.79 Å². The monoisotopic (exact) mass is 319 g/mol. The van der Waals surface area contributed by atoms with Gasteiger partial charge in [0.05, 0.1) is 5.56 Å². The molecule has 122 valence electrons. The van der Waals surface area contributed by atoms with Crippen molar-refractivity contribution < 1.29 is 9.90 Å². The Morgan fingerprint density at radius 3 is 2.58 bits per heavy atom. The van der Waals surface area contributed by atoms with Crippen LogP contribution in [0.5, 0.6) is 5.75 Å². The Bertz CT molecular complexity index is 881. The third-order valence-electron chi connectivity index (χ3n) is 4.33. The summed E-state index contributed by atoms with van der Waals surface area (Å²) in [6.07, 6.45) is 0.827. The Labute approximate surface area is 142 Å². The number of fused-ring (bicyclic) bond motifs is 1. The van der Waals surface area contributed by atoms with Crippen molar-refractivity contribution in [3.63, 3.8) is 0 Å². The van der Waals surface area contributed by atoms with Gasteiger partial charge in [-0.1, -0.05) is 55.5 Å². The van der Waals surface area contributed by atoms with Gasteiger partial charge in [-0.05, 0) is 40.5 Å². The first-order valence-electron chi connectivity index (χ1n) is 8.14. The lowest BCUT2D eigenvalue weighted by Gasteiger charge is -2.19. The van der Waals surface area contributed by atoms with Crippen LogP contribution in [0, 0.1) is 0 Å². The lowest BCUT2D eigenvalue weighted by atomic mass is 10.0. The van der Waals surface area contributed by atoms with Crippen LogP contribution in [0.2, 0.25) is 0 Å². The second-order valence-corrected chi connectivity index (χ2v) is 6.00. The predicted octanol–water partition coefficient (Wildman–Crippen LogP) is 4.38. The summed E-state index contributed by atoms with van der Waals surface area (Å²) in [4.78, 5) is 14.4. The lowest BCUT2D eigenvalue weighted by Crippen LogP contribution is -2.26. The molecule has 0 aromatic heterocycles. The highest BCUT2D eigenvalue weighted by molar-refractivity contribution is 5.97. The smallest absolute Gasteiger partial charge is 0.257 e. The number of carbonyl (C=O) groups is 1. The fourth-order valence-electron chi connectivity index (χ4n) is 2.94. The van der Waals surface area contributed by atoms with Gasteiger partial charge in [0.15, 0.2) is 0 Å². The molecule has 0 radical (unpaired) electrons. The second kappa shape index (κ2) is 6.75. The number of benzene rings is 3. The van der Waals surface area contributed by atoms with Gasteiger partial charge in [0.25, 0.3) is 5.91 Å². The predicted molar refractivity (Wildman–Crippen MR) is 97.2 cm³/mol. The normalized spacial score (nSPS) is 10.8. The molecule has 0 heterocycles. The van der Waals surface area contributed by atoms with Crippen LogP contribution in [0.25, 0.3) is 10.8 Å². The molecule has 0 aliphatic rings. The van der Waals surface area contributed by atoms with Gasteiger partial charge in [-0.2, -0.15) is 0 Å². The van der Waals surface area contributed by atoms with Crippen LogP contribution in [-0.2, 0) is 13.0 Å². The molecular weight excluding hydrogens is 298 g/mol. The Morgan fingerprint density at radius 2 is 1.79 bits per heavy atom. The van der Waals surface area contributed by atoms with Crippen LogP contribution in [0.4, 0.5) is 0 Å². The van der Waals surface area contributed by atoms with E-state index < -0.39 is 0 Å². The van der Waals surface area contributed by atoms with Crippen molar-refractivity contribution in [3.8, 4) is 5.75 Å². The summed E-state index contributed by atoms with van der Waals surface area (Å²) in [5.74, 6) is -0.141. The van der Waals surface area contributed by atoms with Crippen LogP contribution >= 0.6 is 0 Å². The van der Waals surface area contributed by atoms with E-state index >= 15 is 0 Å². The number of amides is 1. The fraction of sp³-hybridized carbons (Fsp3) is 0.190. The SMILES string of the molecule is CCc1ccc(O)c(C(=O)N(C)Cc2cccc3ccccc23)c1. The van der Waals surface area contributed by atoms with Gasteiger partial charge in [0.1, 0.15) is 5.75 Å². The molecule has 3 aromatic rings. The maximum atomic E-state index is 12.7. The zero-order valence-corrected chi connectivity index (χ0v) is 14.0. The van der Waals surface area contributed by atoms with E-state index in [1.165, 1.54) is 0 Å². The number of hydrogen-bond acceptors (Lipinski definition) is 2. The van der Waals surface area contributed by atoms with Crippen molar-refractivity contribution in [1.29, 1.82) is 0 Å². The summed E-state index contributed by atoms with van der Waals surface area (Å²) in [5.41, 5.74) is 2.49. The van der Waals surface area contributed by atoms with E-state index in [4.69, 9.17) is 0 Å². The van der Waals surface area contributed by atoms with Gasteiger partial charge in [-0.15, -0.1) is 0 Å². The molecule has 3 rings (SSSR count). The molecule has 0 fully saturated rings. The standard InChI is InChI=1S/C21H21NO2/c1-3-15-11-12-20(23)19(13-15)21(24)22(2)14-17-9-6-8-16-7-4-5-10-18(16)17/h4-13,23H,3,14H2,1-2H3. The van der Waals surface area contributed by atoms with E-state index in [0.29, 0.717) is 12.1 Å². The van der Waals surface area contributed by atoms with Crippen molar-refractivity contribution in [2.75, 3.05) is 7.05 Å². The Hall–Kier alpha value is -2.81. The second-order valence-electron chi connectivity index (χ2n) is 6.00. The highest BCUT2D eigenvalue weighted by Crippen LogP contribution is 2.23. The molecule has 0 bridgehead atoms. The average Bonchev–Trinajstić information content (AvgIpc) is 2.62. The number of phenolic OH excluding ortho intramolecular Hbond substituents is 1. The molecule has 24 heavy (non-hydrogen) atoms. The van der Waals surface area contributed by atoms with Crippen LogP contribution < -0.4 is 0 Å². The number of aryl methyl sites for hydroxylation is 1. The van der Waals surface area contributed by atoms with Crippen LogP contribution in [0.1, 0.15) is 28.4 Å². The maximum absolute atomic E-state index is 12.7.